The van der Waals surface area contributed by atoms with Crippen molar-refractivity contribution in [2.75, 3.05) is 0 Å². The normalized spacial score (nSPS) is 10.9. The molecular weight excluding hydrogens is 282 g/mol. The zero-order valence-corrected chi connectivity index (χ0v) is 11.3. The molecule has 0 fully saturated rings. The maximum atomic E-state index is 12.3. The smallest absolute Gasteiger partial charge is 0.304 e. The van der Waals surface area contributed by atoms with E-state index in [1.165, 1.54) is 4.57 Å². The number of aromatic nitrogens is 3. The zero-order valence-electron chi connectivity index (χ0n) is 9.67. The van der Waals surface area contributed by atoms with E-state index in [4.69, 9.17) is 12.2 Å². The number of hydrogen-bond acceptors (Lipinski definition) is 4. The number of thiazole rings is 1. The van der Waals surface area contributed by atoms with E-state index in [2.05, 4.69) is 9.97 Å². The second-order valence-electron chi connectivity index (χ2n) is 4.04. The average Bonchev–Trinajstić information content (AvgIpc) is 2.80. The first-order valence-corrected chi connectivity index (χ1v) is 6.82. The highest BCUT2D eigenvalue weighted by molar-refractivity contribution is 7.71. The van der Waals surface area contributed by atoms with Crippen molar-refractivity contribution in [3.8, 4) is 0 Å². The highest BCUT2D eigenvalue weighted by Crippen LogP contribution is 2.07. The molecule has 0 bridgehead atoms. The molecule has 0 aliphatic heterocycles. The maximum Gasteiger partial charge on any atom is 0.304 e. The highest BCUT2D eigenvalue weighted by Gasteiger charge is 2.06. The molecule has 2 heterocycles. The van der Waals surface area contributed by atoms with Gasteiger partial charge in [0, 0.05) is 11.1 Å². The molecule has 2 N–H and O–H groups in total. The molecule has 96 valence electrons. The fraction of sp³-hybridized carbons (Fsp3) is 0.0833. The summed E-state index contributed by atoms with van der Waals surface area (Å²) in [5, 5.41) is 2.27. The van der Waals surface area contributed by atoms with Crippen LogP contribution in [0.2, 0.25) is 0 Å². The van der Waals surface area contributed by atoms with E-state index in [9.17, 15) is 9.59 Å². The Hall–Kier alpha value is -1.99. The third-order valence-electron chi connectivity index (χ3n) is 2.79. The lowest BCUT2D eigenvalue weighted by molar-refractivity contribution is 0.719. The first-order valence-electron chi connectivity index (χ1n) is 5.54. The van der Waals surface area contributed by atoms with Gasteiger partial charge in [-0.1, -0.05) is 23.5 Å². The number of para-hydroxylation sites is 1. The molecule has 0 atom stereocenters. The van der Waals surface area contributed by atoms with Crippen LogP contribution in [0.25, 0.3) is 10.9 Å². The number of H-pyrrole nitrogens is 2. The van der Waals surface area contributed by atoms with E-state index >= 15 is 0 Å². The monoisotopic (exact) mass is 291 g/mol. The van der Waals surface area contributed by atoms with Gasteiger partial charge in [0.15, 0.2) is 4.77 Å². The van der Waals surface area contributed by atoms with Crippen LogP contribution in [0, 0.1) is 4.77 Å². The topological polar surface area (TPSA) is 70.7 Å². The second-order valence-corrected chi connectivity index (χ2v) is 5.27. The van der Waals surface area contributed by atoms with Crippen molar-refractivity contribution in [1.29, 1.82) is 0 Å². The molecule has 3 aromatic rings. The summed E-state index contributed by atoms with van der Waals surface area (Å²) >= 11 is 6.26. The second kappa shape index (κ2) is 4.60. The molecule has 2 aromatic heterocycles. The Morgan fingerprint density at radius 1 is 1.21 bits per heavy atom. The van der Waals surface area contributed by atoms with Gasteiger partial charge in [0.1, 0.15) is 0 Å². The molecule has 0 unspecified atom stereocenters. The molecule has 0 spiro atoms. The molecule has 19 heavy (non-hydrogen) atoms. The van der Waals surface area contributed by atoms with Crippen LogP contribution in [0.4, 0.5) is 0 Å². The molecule has 0 saturated carbocycles. The summed E-state index contributed by atoms with van der Waals surface area (Å²) in [4.78, 5) is 29.0. The van der Waals surface area contributed by atoms with Gasteiger partial charge in [-0.2, -0.15) is 0 Å². The van der Waals surface area contributed by atoms with Gasteiger partial charge in [0.25, 0.3) is 5.56 Å². The zero-order chi connectivity index (χ0) is 13.4. The number of nitrogens with zero attached hydrogens (tertiary/aromatic N) is 1. The molecule has 0 saturated heterocycles. The Bertz CT molecular complexity index is 917. The van der Waals surface area contributed by atoms with Crippen LogP contribution in [0.15, 0.2) is 39.2 Å². The molecular formula is C12H9N3O2S2. The standard InChI is InChI=1S/C12H9N3O2S2/c16-10-8-3-1-2-4-9(8)14-11(18)15(10)5-7-6-19-12(17)13-7/h1-4,6H,5H2,(H,13,17)(H,14,18). The van der Waals surface area contributed by atoms with Gasteiger partial charge in [-0.05, 0) is 24.4 Å². The number of hydrogen-bond donors (Lipinski definition) is 2. The van der Waals surface area contributed by atoms with Gasteiger partial charge >= 0.3 is 4.87 Å². The van der Waals surface area contributed by atoms with Crippen molar-refractivity contribution >= 4 is 34.5 Å². The van der Waals surface area contributed by atoms with E-state index in [-0.39, 0.29) is 17.0 Å². The minimum atomic E-state index is -0.161. The number of aromatic amines is 2. The Labute approximate surface area is 116 Å². The third-order valence-corrected chi connectivity index (χ3v) is 3.83. The maximum absolute atomic E-state index is 12.3. The Kier molecular flexibility index (Phi) is 2.92. The third kappa shape index (κ3) is 2.18. The van der Waals surface area contributed by atoms with Crippen LogP contribution >= 0.6 is 23.6 Å². The number of fused-ring (bicyclic) bond motifs is 1. The first kappa shape index (κ1) is 12.1. The van der Waals surface area contributed by atoms with Crippen molar-refractivity contribution in [1.82, 2.24) is 14.5 Å². The van der Waals surface area contributed by atoms with Gasteiger partial charge < -0.3 is 9.97 Å². The van der Waals surface area contributed by atoms with E-state index in [0.29, 0.717) is 21.4 Å². The summed E-state index contributed by atoms with van der Waals surface area (Å²) in [6.45, 7) is 0.262. The lowest BCUT2D eigenvalue weighted by Crippen LogP contribution is -2.23. The minimum absolute atomic E-state index is 0.140. The van der Waals surface area contributed by atoms with E-state index < -0.39 is 0 Å². The van der Waals surface area contributed by atoms with Crippen molar-refractivity contribution in [3.63, 3.8) is 0 Å². The summed E-state index contributed by atoms with van der Waals surface area (Å²) in [5.41, 5.74) is 1.23. The molecule has 7 heteroatoms. The summed E-state index contributed by atoms with van der Waals surface area (Å²) < 4.78 is 1.78. The fourth-order valence-corrected chi connectivity index (χ4v) is 2.73. The fourth-order valence-electron chi connectivity index (χ4n) is 1.90. The number of rotatable bonds is 2. The SMILES string of the molecule is O=c1[nH]c(Cn2c(=S)[nH]c3ccccc3c2=O)cs1. The van der Waals surface area contributed by atoms with E-state index in [1.54, 1.807) is 17.5 Å². The Morgan fingerprint density at radius 3 is 2.74 bits per heavy atom. The van der Waals surface area contributed by atoms with Crippen LogP contribution in [0.3, 0.4) is 0 Å². The number of benzene rings is 1. The molecule has 0 radical (unpaired) electrons. The molecule has 0 aliphatic rings. The van der Waals surface area contributed by atoms with Gasteiger partial charge in [0.05, 0.1) is 17.4 Å². The molecule has 3 rings (SSSR count). The Morgan fingerprint density at radius 2 is 2.00 bits per heavy atom. The molecule has 0 aliphatic carbocycles. The summed E-state index contributed by atoms with van der Waals surface area (Å²) in [6.07, 6.45) is 0. The molecule has 5 nitrogen and oxygen atoms in total. The van der Waals surface area contributed by atoms with Gasteiger partial charge in [-0.3, -0.25) is 14.2 Å². The molecule has 0 amide bonds. The van der Waals surface area contributed by atoms with Crippen molar-refractivity contribution in [2.45, 2.75) is 6.54 Å². The van der Waals surface area contributed by atoms with E-state index in [0.717, 1.165) is 11.3 Å². The summed E-state index contributed by atoms with van der Waals surface area (Å²) in [7, 11) is 0. The average molecular weight is 291 g/mol. The predicted molar refractivity (Wildman–Crippen MR) is 77.4 cm³/mol. The summed E-state index contributed by atoms with van der Waals surface area (Å²) in [6, 6.07) is 7.20. The summed E-state index contributed by atoms with van der Waals surface area (Å²) in [5.74, 6) is 0. The van der Waals surface area contributed by atoms with Crippen molar-refractivity contribution in [3.05, 3.63) is 60.1 Å². The van der Waals surface area contributed by atoms with Gasteiger partial charge in [-0.15, -0.1) is 0 Å². The van der Waals surface area contributed by atoms with Crippen molar-refractivity contribution < 1.29 is 0 Å². The van der Waals surface area contributed by atoms with E-state index in [1.807, 2.05) is 12.1 Å². The minimum Gasteiger partial charge on any atom is -0.332 e. The molecule has 1 aromatic carbocycles. The van der Waals surface area contributed by atoms with Gasteiger partial charge in [-0.25, -0.2) is 0 Å². The Balaban J connectivity index is 2.21. The number of nitrogens with one attached hydrogen (secondary N) is 2. The van der Waals surface area contributed by atoms with Crippen molar-refractivity contribution in [2.24, 2.45) is 0 Å². The largest absolute Gasteiger partial charge is 0.332 e. The first-order chi connectivity index (χ1) is 9.15. The lowest BCUT2D eigenvalue weighted by atomic mass is 10.2. The predicted octanol–water partition coefficient (Wildman–Crippen LogP) is 1.86. The van der Waals surface area contributed by atoms with Crippen LogP contribution < -0.4 is 10.4 Å². The van der Waals surface area contributed by atoms with Crippen LogP contribution in [-0.4, -0.2) is 14.5 Å². The van der Waals surface area contributed by atoms with Crippen LogP contribution in [0.1, 0.15) is 5.69 Å². The lowest BCUT2D eigenvalue weighted by Gasteiger charge is -2.06. The van der Waals surface area contributed by atoms with Crippen LogP contribution in [-0.2, 0) is 6.54 Å². The van der Waals surface area contributed by atoms with Crippen LogP contribution in [0.5, 0.6) is 0 Å². The highest BCUT2D eigenvalue weighted by atomic mass is 32.1. The van der Waals surface area contributed by atoms with Gasteiger partial charge in [0.2, 0.25) is 0 Å². The quantitative estimate of drug-likeness (QED) is 0.708.